The van der Waals surface area contributed by atoms with Crippen molar-refractivity contribution in [2.24, 2.45) is 0 Å². The summed E-state index contributed by atoms with van der Waals surface area (Å²) in [5, 5.41) is -0.246. The molecule has 0 atom stereocenters. The van der Waals surface area contributed by atoms with E-state index in [0.717, 1.165) is 12.3 Å². The summed E-state index contributed by atoms with van der Waals surface area (Å²) in [6.45, 7) is 0. The Kier molecular flexibility index (Phi) is 4.62. The first-order valence-corrected chi connectivity index (χ1v) is 6.46. The van der Waals surface area contributed by atoms with Gasteiger partial charge in [-0.15, -0.1) is 0 Å². The first-order chi connectivity index (χ1) is 10.5. The summed E-state index contributed by atoms with van der Waals surface area (Å²) in [7, 11) is 2.39. The SMILES string of the molecule is COC(=O)c1cccc(C(=O)OC)c1-c1occc(=O)c1Cl. The van der Waals surface area contributed by atoms with Gasteiger partial charge in [-0.25, -0.2) is 9.59 Å². The Bertz CT molecular complexity index is 759. The van der Waals surface area contributed by atoms with Crippen molar-refractivity contribution < 1.29 is 23.5 Å². The van der Waals surface area contributed by atoms with Gasteiger partial charge in [0.1, 0.15) is 5.02 Å². The minimum atomic E-state index is -0.705. The Balaban J connectivity index is 2.86. The molecule has 0 amide bonds. The highest BCUT2D eigenvalue weighted by molar-refractivity contribution is 6.33. The van der Waals surface area contributed by atoms with Crippen molar-refractivity contribution in [3.8, 4) is 11.3 Å². The van der Waals surface area contributed by atoms with Crippen molar-refractivity contribution in [3.05, 3.63) is 56.9 Å². The lowest BCUT2D eigenvalue weighted by Crippen LogP contribution is -2.11. The van der Waals surface area contributed by atoms with Gasteiger partial charge in [0.15, 0.2) is 5.76 Å². The zero-order valence-corrected chi connectivity index (χ0v) is 12.5. The van der Waals surface area contributed by atoms with E-state index in [0.29, 0.717) is 0 Å². The second-order valence-corrected chi connectivity index (χ2v) is 4.52. The molecular weight excluding hydrogens is 312 g/mol. The van der Waals surface area contributed by atoms with E-state index in [9.17, 15) is 14.4 Å². The van der Waals surface area contributed by atoms with Crippen LogP contribution >= 0.6 is 11.6 Å². The second-order valence-electron chi connectivity index (χ2n) is 4.14. The van der Waals surface area contributed by atoms with Crippen molar-refractivity contribution in [2.75, 3.05) is 14.2 Å². The van der Waals surface area contributed by atoms with Gasteiger partial charge in [0.2, 0.25) is 5.43 Å². The summed E-state index contributed by atoms with van der Waals surface area (Å²) in [5.74, 6) is -1.51. The molecule has 1 aromatic heterocycles. The Hall–Kier alpha value is -2.60. The summed E-state index contributed by atoms with van der Waals surface area (Å²) >= 11 is 5.96. The highest BCUT2D eigenvalue weighted by Gasteiger charge is 2.25. The van der Waals surface area contributed by atoms with Crippen molar-refractivity contribution in [3.63, 3.8) is 0 Å². The van der Waals surface area contributed by atoms with Crippen LogP contribution in [-0.4, -0.2) is 26.2 Å². The maximum Gasteiger partial charge on any atom is 0.338 e. The first kappa shape index (κ1) is 15.8. The Morgan fingerprint density at radius 2 is 1.59 bits per heavy atom. The number of carbonyl (C=O) groups is 2. The Labute approximate surface area is 130 Å². The van der Waals surface area contributed by atoms with Crippen LogP contribution in [0.4, 0.5) is 0 Å². The third kappa shape index (κ3) is 2.73. The van der Waals surface area contributed by atoms with Crippen molar-refractivity contribution in [1.29, 1.82) is 0 Å². The molecule has 6 nitrogen and oxygen atoms in total. The lowest BCUT2D eigenvalue weighted by Gasteiger charge is -2.12. The van der Waals surface area contributed by atoms with Gasteiger partial charge in [-0.3, -0.25) is 4.79 Å². The number of hydrogen-bond acceptors (Lipinski definition) is 6. The van der Waals surface area contributed by atoms with E-state index in [1.165, 1.54) is 32.4 Å². The summed E-state index contributed by atoms with van der Waals surface area (Å²) < 4.78 is 14.6. The van der Waals surface area contributed by atoms with E-state index in [4.69, 9.17) is 16.0 Å². The van der Waals surface area contributed by atoms with E-state index in [2.05, 4.69) is 9.47 Å². The lowest BCUT2D eigenvalue weighted by molar-refractivity contribution is 0.0600. The van der Waals surface area contributed by atoms with Crippen LogP contribution in [0, 0.1) is 0 Å². The fourth-order valence-electron chi connectivity index (χ4n) is 1.93. The van der Waals surface area contributed by atoms with Crippen molar-refractivity contribution >= 4 is 23.5 Å². The topological polar surface area (TPSA) is 82.8 Å². The minimum absolute atomic E-state index is 0.0293. The summed E-state index contributed by atoms with van der Waals surface area (Å²) in [5.41, 5.74) is -0.398. The van der Waals surface area contributed by atoms with Crippen LogP contribution in [0.2, 0.25) is 5.02 Å². The monoisotopic (exact) mass is 322 g/mol. The average Bonchev–Trinajstić information content (AvgIpc) is 2.55. The van der Waals surface area contributed by atoms with Gasteiger partial charge in [-0.1, -0.05) is 17.7 Å². The zero-order valence-electron chi connectivity index (χ0n) is 11.7. The fraction of sp³-hybridized carbons (Fsp3) is 0.133. The molecule has 0 aliphatic rings. The van der Waals surface area contributed by atoms with Gasteiger partial charge < -0.3 is 13.9 Å². The van der Waals surface area contributed by atoms with Gasteiger partial charge in [0.25, 0.3) is 0 Å². The maximum absolute atomic E-state index is 11.9. The molecule has 0 fully saturated rings. The molecule has 7 heteroatoms. The summed E-state index contributed by atoms with van der Waals surface area (Å²) in [4.78, 5) is 35.5. The van der Waals surface area contributed by atoms with Crippen molar-refractivity contribution in [2.45, 2.75) is 0 Å². The van der Waals surface area contributed by atoms with Crippen LogP contribution in [-0.2, 0) is 9.47 Å². The molecule has 0 saturated carbocycles. The van der Waals surface area contributed by atoms with Crippen LogP contribution in [0.15, 0.2) is 39.7 Å². The fourth-order valence-corrected chi connectivity index (χ4v) is 2.13. The summed E-state index contributed by atoms with van der Waals surface area (Å²) in [6, 6.07) is 5.47. The van der Waals surface area contributed by atoms with Crippen LogP contribution in [0.5, 0.6) is 0 Å². The van der Waals surface area contributed by atoms with E-state index >= 15 is 0 Å². The number of esters is 2. The zero-order chi connectivity index (χ0) is 16.3. The minimum Gasteiger partial charge on any atom is -0.465 e. The molecule has 0 saturated heterocycles. The lowest BCUT2D eigenvalue weighted by atomic mass is 9.98. The normalized spacial score (nSPS) is 10.1. The largest absolute Gasteiger partial charge is 0.465 e. The Morgan fingerprint density at radius 1 is 1.05 bits per heavy atom. The van der Waals surface area contributed by atoms with Gasteiger partial charge >= 0.3 is 11.9 Å². The van der Waals surface area contributed by atoms with E-state index in [1.807, 2.05) is 0 Å². The Morgan fingerprint density at radius 3 is 2.09 bits per heavy atom. The smallest absolute Gasteiger partial charge is 0.338 e. The summed E-state index contributed by atoms with van der Waals surface area (Å²) in [6.07, 6.45) is 1.12. The van der Waals surface area contributed by atoms with Gasteiger partial charge in [0, 0.05) is 11.6 Å². The van der Waals surface area contributed by atoms with Gasteiger partial charge in [-0.05, 0) is 12.1 Å². The molecule has 0 aliphatic carbocycles. The molecule has 0 N–H and O–H groups in total. The van der Waals surface area contributed by atoms with Crippen LogP contribution < -0.4 is 5.43 Å². The standard InChI is InChI=1S/C15H11ClO6/c1-20-14(18)8-4-3-5-9(15(19)21-2)11(8)13-12(16)10(17)6-7-22-13/h3-7H,1-2H3. The molecule has 1 heterocycles. The third-order valence-electron chi connectivity index (χ3n) is 2.92. The van der Waals surface area contributed by atoms with E-state index in [-0.39, 0.29) is 27.5 Å². The molecule has 0 bridgehead atoms. The molecular formula is C15H11ClO6. The van der Waals surface area contributed by atoms with E-state index < -0.39 is 17.4 Å². The predicted octanol–water partition coefficient (Wildman–Crippen LogP) is 2.53. The molecule has 2 rings (SSSR count). The van der Waals surface area contributed by atoms with Crippen LogP contribution in [0.3, 0.4) is 0 Å². The number of benzene rings is 1. The number of carbonyl (C=O) groups excluding carboxylic acids is 2. The second kappa shape index (κ2) is 6.44. The number of methoxy groups -OCH3 is 2. The molecule has 0 unspecified atom stereocenters. The number of rotatable bonds is 3. The molecule has 22 heavy (non-hydrogen) atoms. The maximum atomic E-state index is 11.9. The van der Waals surface area contributed by atoms with Crippen LogP contribution in [0.1, 0.15) is 20.7 Å². The van der Waals surface area contributed by atoms with Gasteiger partial charge in [0.05, 0.1) is 31.6 Å². The number of hydrogen-bond donors (Lipinski definition) is 0. The number of halogens is 1. The van der Waals surface area contributed by atoms with E-state index in [1.54, 1.807) is 0 Å². The van der Waals surface area contributed by atoms with Crippen molar-refractivity contribution in [1.82, 2.24) is 0 Å². The molecule has 114 valence electrons. The molecule has 2 aromatic rings. The molecule has 0 spiro atoms. The molecule has 0 radical (unpaired) electrons. The number of ether oxygens (including phenoxy) is 2. The first-order valence-electron chi connectivity index (χ1n) is 6.08. The van der Waals surface area contributed by atoms with Gasteiger partial charge in [-0.2, -0.15) is 0 Å². The van der Waals surface area contributed by atoms with Crippen LogP contribution in [0.25, 0.3) is 11.3 Å². The highest BCUT2D eigenvalue weighted by Crippen LogP contribution is 2.32. The molecule has 0 aliphatic heterocycles. The molecule has 1 aromatic carbocycles. The third-order valence-corrected chi connectivity index (χ3v) is 3.28. The quantitative estimate of drug-likeness (QED) is 0.807. The highest BCUT2D eigenvalue weighted by atomic mass is 35.5. The average molecular weight is 323 g/mol. The predicted molar refractivity (Wildman–Crippen MR) is 78.1 cm³/mol.